The third kappa shape index (κ3) is 3.18. The van der Waals surface area contributed by atoms with Gasteiger partial charge in [0.2, 0.25) is 10.0 Å². The number of benzene rings is 1. The predicted octanol–water partition coefficient (Wildman–Crippen LogP) is 1.45. The fourth-order valence-electron chi connectivity index (χ4n) is 1.74. The van der Waals surface area contributed by atoms with Crippen LogP contribution < -0.4 is 10.5 Å². The summed E-state index contributed by atoms with van der Waals surface area (Å²) in [5.74, 6) is 0. The summed E-state index contributed by atoms with van der Waals surface area (Å²) >= 11 is 2.14. The van der Waals surface area contributed by atoms with Gasteiger partial charge in [0, 0.05) is 15.7 Å². The first kappa shape index (κ1) is 13.3. The minimum atomic E-state index is -3.42. The van der Waals surface area contributed by atoms with Crippen LogP contribution in [0.4, 0.5) is 0 Å². The summed E-state index contributed by atoms with van der Waals surface area (Å²) in [6.07, 6.45) is 2.87. The minimum Gasteiger partial charge on any atom is -0.324 e. The van der Waals surface area contributed by atoms with E-state index in [9.17, 15) is 8.42 Å². The molecule has 0 spiro atoms. The molecule has 0 aliphatic heterocycles. The molecule has 0 unspecified atom stereocenters. The molecule has 1 fully saturated rings. The molecule has 17 heavy (non-hydrogen) atoms. The maximum absolute atomic E-state index is 12.0. The standard InChI is InChI=1S/C11H15IN2O2S/c12-9-2-4-10(5-3-9)17(15,16)14-8-11(13)6-1-7-11/h2-5,14H,1,6-8,13H2. The van der Waals surface area contributed by atoms with E-state index in [1.54, 1.807) is 24.3 Å². The summed E-state index contributed by atoms with van der Waals surface area (Å²) in [5, 5.41) is 0. The van der Waals surface area contributed by atoms with Crippen LogP contribution in [0.1, 0.15) is 19.3 Å². The average molecular weight is 366 g/mol. The van der Waals surface area contributed by atoms with Gasteiger partial charge in [-0.1, -0.05) is 0 Å². The van der Waals surface area contributed by atoms with Gasteiger partial charge in [-0.05, 0) is 66.1 Å². The summed E-state index contributed by atoms with van der Waals surface area (Å²) in [5.41, 5.74) is 5.65. The van der Waals surface area contributed by atoms with E-state index in [0.29, 0.717) is 11.4 Å². The maximum Gasteiger partial charge on any atom is 0.240 e. The van der Waals surface area contributed by atoms with Crippen LogP contribution in [0.25, 0.3) is 0 Å². The fourth-order valence-corrected chi connectivity index (χ4v) is 3.24. The van der Waals surface area contributed by atoms with Crippen molar-refractivity contribution in [2.45, 2.75) is 29.7 Å². The van der Waals surface area contributed by atoms with Crippen molar-refractivity contribution in [1.29, 1.82) is 0 Å². The number of hydrogen-bond donors (Lipinski definition) is 2. The highest BCUT2D eigenvalue weighted by molar-refractivity contribution is 14.1. The van der Waals surface area contributed by atoms with E-state index in [-0.39, 0.29) is 5.54 Å². The summed E-state index contributed by atoms with van der Waals surface area (Å²) < 4.78 is 27.5. The number of hydrogen-bond acceptors (Lipinski definition) is 3. The molecule has 1 aliphatic carbocycles. The summed E-state index contributed by atoms with van der Waals surface area (Å²) in [4.78, 5) is 0.292. The van der Waals surface area contributed by atoms with Crippen molar-refractivity contribution in [3.8, 4) is 0 Å². The van der Waals surface area contributed by atoms with Gasteiger partial charge >= 0.3 is 0 Å². The second kappa shape index (κ2) is 4.83. The lowest BCUT2D eigenvalue weighted by atomic mass is 9.78. The van der Waals surface area contributed by atoms with Crippen LogP contribution in [-0.4, -0.2) is 20.5 Å². The summed E-state index contributed by atoms with van der Waals surface area (Å²) in [6, 6.07) is 6.76. The lowest BCUT2D eigenvalue weighted by molar-refractivity contribution is 0.251. The molecule has 6 heteroatoms. The van der Waals surface area contributed by atoms with Gasteiger partial charge in [0.15, 0.2) is 0 Å². The molecule has 2 rings (SSSR count). The Hall–Kier alpha value is -0.180. The first-order valence-corrected chi connectivity index (χ1v) is 8.02. The van der Waals surface area contributed by atoms with Gasteiger partial charge in [-0.3, -0.25) is 0 Å². The Morgan fingerprint density at radius 1 is 1.29 bits per heavy atom. The predicted molar refractivity (Wildman–Crippen MR) is 75.1 cm³/mol. The van der Waals surface area contributed by atoms with Crippen molar-refractivity contribution >= 4 is 32.6 Å². The van der Waals surface area contributed by atoms with Crippen LogP contribution in [0.2, 0.25) is 0 Å². The molecule has 3 N–H and O–H groups in total. The molecule has 1 aliphatic rings. The number of nitrogens with one attached hydrogen (secondary N) is 1. The van der Waals surface area contributed by atoms with E-state index in [4.69, 9.17) is 5.73 Å². The average Bonchev–Trinajstić information content (AvgIpc) is 2.24. The Balaban J connectivity index is 2.06. The Labute approximate surface area is 115 Å². The van der Waals surface area contributed by atoms with E-state index >= 15 is 0 Å². The molecular formula is C11H15IN2O2S. The van der Waals surface area contributed by atoms with Gasteiger partial charge in [-0.15, -0.1) is 0 Å². The van der Waals surface area contributed by atoms with Gasteiger partial charge in [0.05, 0.1) is 4.90 Å². The third-order valence-corrected chi connectivity index (χ3v) is 5.22. The minimum absolute atomic E-state index is 0.292. The van der Waals surface area contributed by atoms with E-state index in [2.05, 4.69) is 27.3 Å². The molecule has 4 nitrogen and oxygen atoms in total. The van der Waals surface area contributed by atoms with E-state index in [1.165, 1.54) is 0 Å². The maximum atomic E-state index is 12.0. The van der Waals surface area contributed by atoms with Crippen LogP contribution in [0.5, 0.6) is 0 Å². The molecule has 1 saturated carbocycles. The van der Waals surface area contributed by atoms with E-state index < -0.39 is 10.0 Å². The van der Waals surface area contributed by atoms with Gasteiger partial charge in [0.25, 0.3) is 0 Å². The van der Waals surface area contributed by atoms with Crippen molar-refractivity contribution in [2.75, 3.05) is 6.54 Å². The Morgan fingerprint density at radius 3 is 2.35 bits per heavy atom. The van der Waals surface area contributed by atoms with Crippen molar-refractivity contribution < 1.29 is 8.42 Å². The van der Waals surface area contributed by atoms with Crippen molar-refractivity contribution in [1.82, 2.24) is 4.72 Å². The SMILES string of the molecule is NC1(CNS(=O)(=O)c2ccc(I)cc2)CCC1. The van der Waals surface area contributed by atoms with Crippen LogP contribution >= 0.6 is 22.6 Å². The largest absolute Gasteiger partial charge is 0.324 e. The molecule has 0 radical (unpaired) electrons. The number of rotatable bonds is 4. The zero-order valence-corrected chi connectivity index (χ0v) is 12.3. The second-order valence-corrected chi connectivity index (χ2v) is 7.51. The highest BCUT2D eigenvalue weighted by Gasteiger charge is 2.33. The first-order valence-electron chi connectivity index (χ1n) is 5.45. The zero-order valence-electron chi connectivity index (χ0n) is 9.32. The number of nitrogens with two attached hydrogens (primary N) is 1. The quantitative estimate of drug-likeness (QED) is 0.793. The van der Waals surface area contributed by atoms with Crippen LogP contribution in [-0.2, 0) is 10.0 Å². The molecule has 0 saturated heterocycles. The molecule has 0 heterocycles. The smallest absolute Gasteiger partial charge is 0.240 e. The Bertz CT molecular complexity index is 495. The third-order valence-electron chi connectivity index (χ3n) is 3.09. The highest BCUT2D eigenvalue weighted by Crippen LogP contribution is 2.28. The Morgan fingerprint density at radius 2 is 1.88 bits per heavy atom. The van der Waals surface area contributed by atoms with Crippen molar-refractivity contribution in [2.24, 2.45) is 5.73 Å². The number of halogens is 1. The second-order valence-electron chi connectivity index (χ2n) is 4.49. The molecule has 1 aromatic rings. The first-order chi connectivity index (χ1) is 7.91. The Kier molecular flexibility index (Phi) is 3.77. The van der Waals surface area contributed by atoms with Crippen molar-refractivity contribution in [3.05, 3.63) is 27.8 Å². The van der Waals surface area contributed by atoms with Crippen LogP contribution in [0.15, 0.2) is 29.2 Å². The van der Waals surface area contributed by atoms with Gasteiger partial charge in [-0.2, -0.15) is 0 Å². The zero-order chi connectivity index (χ0) is 12.5. The van der Waals surface area contributed by atoms with Gasteiger partial charge < -0.3 is 5.73 Å². The molecule has 0 aromatic heterocycles. The lowest BCUT2D eigenvalue weighted by Crippen LogP contribution is -2.54. The molecule has 0 atom stereocenters. The highest BCUT2D eigenvalue weighted by atomic mass is 127. The van der Waals surface area contributed by atoms with E-state index in [1.807, 2.05) is 0 Å². The number of sulfonamides is 1. The molecular weight excluding hydrogens is 351 g/mol. The summed E-state index contributed by atoms with van der Waals surface area (Å²) in [7, 11) is -3.42. The monoisotopic (exact) mass is 366 g/mol. The van der Waals surface area contributed by atoms with Crippen molar-refractivity contribution in [3.63, 3.8) is 0 Å². The van der Waals surface area contributed by atoms with Gasteiger partial charge in [0.1, 0.15) is 0 Å². The normalized spacial score (nSPS) is 18.7. The van der Waals surface area contributed by atoms with Gasteiger partial charge in [-0.25, -0.2) is 13.1 Å². The van der Waals surface area contributed by atoms with Crippen LogP contribution in [0.3, 0.4) is 0 Å². The molecule has 94 valence electrons. The molecule has 0 amide bonds. The fraction of sp³-hybridized carbons (Fsp3) is 0.455. The molecule has 1 aromatic carbocycles. The lowest BCUT2D eigenvalue weighted by Gasteiger charge is -2.37. The summed E-state index contributed by atoms with van der Waals surface area (Å²) in [6.45, 7) is 0.321. The topological polar surface area (TPSA) is 72.2 Å². The van der Waals surface area contributed by atoms with E-state index in [0.717, 1.165) is 22.8 Å². The van der Waals surface area contributed by atoms with Crippen LogP contribution in [0, 0.1) is 3.57 Å². The molecule has 0 bridgehead atoms.